The van der Waals surface area contributed by atoms with Crippen LogP contribution in [0.1, 0.15) is 56.3 Å². The molecule has 0 aliphatic rings. The highest BCUT2D eigenvalue weighted by atomic mass is 32.2. The molecule has 0 bridgehead atoms. The molecule has 0 saturated carbocycles. The average Bonchev–Trinajstić information content (AvgIpc) is 2.96. The average molecular weight is 580 g/mol. The van der Waals surface area contributed by atoms with Gasteiger partial charge in [-0.1, -0.05) is 75.4 Å². The summed E-state index contributed by atoms with van der Waals surface area (Å²) in [5, 5.41) is 3.04. The highest BCUT2D eigenvalue weighted by Crippen LogP contribution is 2.26. The molecule has 0 aromatic heterocycles. The molecule has 1 unspecified atom stereocenters. The number of sulfonamides is 1. The van der Waals surface area contributed by atoms with Gasteiger partial charge in [0.25, 0.3) is 0 Å². The molecule has 3 rings (SSSR count). The Kier molecular flexibility index (Phi) is 11.9. The van der Waals surface area contributed by atoms with Gasteiger partial charge >= 0.3 is 0 Å². The molecule has 220 valence electrons. The summed E-state index contributed by atoms with van der Waals surface area (Å²) >= 11 is 0. The monoisotopic (exact) mass is 579 g/mol. The molecule has 0 heterocycles. The van der Waals surface area contributed by atoms with Gasteiger partial charge in [0.05, 0.1) is 12.0 Å². The molecule has 0 fully saturated rings. The normalized spacial score (nSPS) is 12.1. The number of rotatable bonds is 15. The molecule has 1 atom stereocenters. The van der Waals surface area contributed by atoms with E-state index in [0.717, 1.165) is 23.1 Å². The van der Waals surface area contributed by atoms with Crippen LogP contribution in [0.25, 0.3) is 0 Å². The molecule has 2 N–H and O–H groups in total. The Morgan fingerprint density at radius 1 is 0.902 bits per heavy atom. The Hall–Kier alpha value is -3.69. The van der Waals surface area contributed by atoms with Gasteiger partial charge < -0.3 is 15.0 Å². The van der Waals surface area contributed by atoms with Crippen molar-refractivity contribution < 1.29 is 22.7 Å². The van der Waals surface area contributed by atoms with E-state index in [9.17, 15) is 18.0 Å². The van der Waals surface area contributed by atoms with Crippen LogP contribution in [0.2, 0.25) is 0 Å². The van der Waals surface area contributed by atoms with Crippen molar-refractivity contribution >= 4 is 21.8 Å². The summed E-state index contributed by atoms with van der Waals surface area (Å²) in [6.07, 6.45) is 1.38. The van der Waals surface area contributed by atoms with Crippen molar-refractivity contribution in [3.63, 3.8) is 0 Å². The molecule has 0 aliphatic heterocycles. The number of carbonyl (C=O) groups is 2. The van der Waals surface area contributed by atoms with Gasteiger partial charge in [0.15, 0.2) is 0 Å². The van der Waals surface area contributed by atoms with Crippen LogP contribution in [-0.2, 0) is 32.6 Å². The van der Waals surface area contributed by atoms with Gasteiger partial charge in [0, 0.05) is 26.1 Å². The fraction of sp³-hybridized carbons (Fsp3) is 0.375. The summed E-state index contributed by atoms with van der Waals surface area (Å²) in [5.74, 6) is 0.730. The van der Waals surface area contributed by atoms with Crippen molar-refractivity contribution in [2.24, 2.45) is 5.92 Å². The SMILES string of the molecule is CCNS(=O)(=O)c1ccc(CCC(=O)N(Cc2ccc(OC)cc2)C(C(=O)NCCC(C)C)c2ccccc2)cc1. The van der Waals surface area contributed by atoms with Crippen LogP contribution in [0.15, 0.2) is 83.8 Å². The molecule has 41 heavy (non-hydrogen) atoms. The van der Waals surface area contributed by atoms with Crippen molar-refractivity contribution in [2.75, 3.05) is 20.2 Å². The minimum Gasteiger partial charge on any atom is -0.497 e. The summed E-state index contributed by atoms with van der Waals surface area (Å²) in [7, 11) is -1.96. The third kappa shape index (κ3) is 9.43. The molecule has 3 aromatic carbocycles. The van der Waals surface area contributed by atoms with E-state index in [1.807, 2.05) is 54.6 Å². The molecule has 0 saturated heterocycles. The number of hydrogen-bond acceptors (Lipinski definition) is 5. The second kappa shape index (κ2) is 15.3. The maximum atomic E-state index is 13.9. The summed E-state index contributed by atoms with van der Waals surface area (Å²) in [4.78, 5) is 29.3. The van der Waals surface area contributed by atoms with Crippen LogP contribution in [0, 0.1) is 5.92 Å². The van der Waals surface area contributed by atoms with Crippen LogP contribution >= 0.6 is 0 Å². The fourth-order valence-corrected chi connectivity index (χ4v) is 5.48. The van der Waals surface area contributed by atoms with Gasteiger partial charge in [-0.05, 0) is 59.7 Å². The minimum absolute atomic E-state index is 0.151. The van der Waals surface area contributed by atoms with Crippen LogP contribution in [0.4, 0.5) is 0 Å². The van der Waals surface area contributed by atoms with Gasteiger partial charge in [0.1, 0.15) is 11.8 Å². The first-order valence-electron chi connectivity index (χ1n) is 14.0. The van der Waals surface area contributed by atoms with Gasteiger partial charge in [-0.2, -0.15) is 0 Å². The van der Waals surface area contributed by atoms with E-state index in [-0.39, 0.29) is 29.7 Å². The molecule has 0 spiro atoms. The predicted octanol–water partition coefficient (Wildman–Crippen LogP) is 4.86. The molecular weight excluding hydrogens is 538 g/mol. The van der Waals surface area contributed by atoms with E-state index in [1.54, 1.807) is 43.2 Å². The summed E-state index contributed by atoms with van der Waals surface area (Å²) in [6, 6.07) is 22.5. The lowest BCUT2D eigenvalue weighted by molar-refractivity contribution is -0.141. The molecule has 9 heteroatoms. The Labute approximate surface area is 244 Å². The number of hydrogen-bond donors (Lipinski definition) is 2. The zero-order chi connectivity index (χ0) is 29.8. The largest absolute Gasteiger partial charge is 0.497 e. The Morgan fingerprint density at radius 3 is 2.12 bits per heavy atom. The number of nitrogens with zero attached hydrogens (tertiary/aromatic N) is 1. The predicted molar refractivity (Wildman–Crippen MR) is 161 cm³/mol. The van der Waals surface area contributed by atoms with E-state index in [4.69, 9.17) is 4.74 Å². The van der Waals surface area contributed by atoms with Crippen LogP contribution in [0.5, 0.6) is 5.75 Å². The number of benzene rings is 3. The first kappa shape index (κ1) is 31.8. The highest BCUT2D eigenvalue weighted by molar-refractivity contribution is 7.89. The van der Waals surface area contributed by atoms with E-state index < -0.39 is 16.1 Å². The lowest BCUT2D eigenvalue weighted by atomic mass is 10.0. The topological polar surface area (TPSA) is 105 Å². The second-order valence-electron chi connectivity index (χ2n) is 10.3. The quantitative estimate of drug-likeness (QED) is 0.268. The zero-order valence-electron chi connectivity index (χ0n) is 24.3. The number of ether oxygens (including phenoxy) is 1. The van der Waals surface area contributed by atoms with Crippen molar-refractivity contribution in [2.45, 2.75) is 57.5 Å². The van der Waals surface area contributed by atoms with E-state index in [2.05, 4.69) is 23.9 Å². The van der Waals surface area contributed by atoms with E-state index in [1.165, 1.54) is 0 Å². The molecule has 0 aliphatic carbocycles. The third-order valence-corrected chi connectivity index (χ3v) is 8.29. The molecule has 8 nitrogen and oxygen atoms in total. The number of nitrogens with one attached hydrogen (secondary N) is 2. The lowest BCUT2D eigenvalue weighted by Gasteiger charge is -2.32. The van der Waals surface area contributed by atoms with Crippen molar-refractivity contribution in [1.29, 1.82) is 0 Å². The zero-order valence-corrected chi connectivity index (χ0v) is 25.1. The van der Waals surface area contributed by atoms with Gasteiger partial charge in [-0.15, -0.1) is 0 Å². The Morgan fingerprint density at radius 2 is 1.54 bits per heavy atom. The fourth-order valence-electron chi connectivity index (χ4n) is 4.44. The van der Waals surface area contributed by atoms with Crippen LogP contribution in [0.3, 0.4) is 0 Å². The first-order chi connectivity index (χ1) is 19.6. The summed E-state index contributed by atoms with van der Waals surface area (Å²) in [6.45, 7) is 6.98. The van der Waals surface area contributed by atoms with Crippen molar-refractivity contribution in [3.8, 4) is 5.75 Å². The summed E-state index contributed by atoms with van der Waals surface area (Å²) < 4.78 is 32.3. The highest BCUT2D eigenvalue weighted by Gasteiger charge is 2.31. The standard InChI is InChI=1S/C32H41N3O5S/c1-5-34-41(38,39)29-18-13-25(14-19-29)15-20-30(36)35(23-26-11-16-28(40-4)17-12-26)31(27-9-7-6-8-10-27)32(37)33-22-21-24(2)3/h6-14,16-19,24,31,34H,5,15,20-23H2,1-4H3,(H,33,37). The minimum atomic E-state index is -3.55. The lowest BCUT2D eigenvalue weighted by Crippen LogP contribution is -2.43. The van der Waals surface area contributed by atoms with E-state index in [0.29, 0.717) is 31.2 Å². The number of amides is 2. The second-order valence-corrected chi connectivity index (χ2v) is 12.1. The summed E-state index contributed by atoms with van der Waals surface area (Å²) in [5.41, 5.74) is 2.43. The Bertz CT molecular complexity index is 1360. The third-order valence-electron chi connectivity index (χ3n) is 6.72. The molecule has 0 radical (unpaired) electrons. The van der Waals surface area contributed by atoms with E-state index >= 15 is 0 Å². The number of carbonyl (C=O) groups excluding carboxylic acids is 2. The van der Waals surface area contributed by atoms with Gasteiger partial charge in [0.2, 0.25) is 21.8 Å². The van der Waals surface area contributed by atoms with Crippen LogP contribution in [-0.4, -0.2) is 45.3 Å². The number of aryl methyl sites for hydroxylation is 1. The van der Waals surface area contributed by atoms with Gasteiger partial charge in [-0.3, -0.25) is 9.59 Å². The molecular formula is C32H41N3O5S. The van der Waals surface area contributed by atoms with Crippen molar-refractivity contribution in [3.05, 3.63) is 95.6 Å². The Balaban J connectivity index is 1.88. The molecule has 2 amide bonds. The molecule has 3 aromatic rings. The van der Waals surface area contributed by atoms with Crippen molar-refractivity contribution in [1.82, 2.24) is 14.9 Å². The van der Waals surface area contributed by atoms with Crippen LogP contribution < -0.4 is 14.8 Å². The number of methoxy groups -OCH3 is 1. The maximum Gasteiger partial charge on any atom is 0.247 e. The smallest absolute Gasteiger partial charge is 0.247 e. The van der Waals surface area contributed by atoms with Gasteiger partial charge in [-0.25, -0.2) is 13.1 Å². The maximum absolute atomic E-state index is 13.9. The first-order valence-corrected chi connectivity index (χ1v) is 15.5.